The van der Waals surface area contributed by atoms with Crippen LogP contribution < -0.4 is 5.56 Å². The molecule has 0 bridgehead atoms. The fraction of sp³-hybridized carbons (Fsp3) is 0.111. The molecule has 0 radical (unpaired) electrons. The summed E-state index contributed by atoms with van der Waals surface area (Å²) < 4.78 is 1.95. The molecule has 4 rings (SSSR count). The molecular formula is C18H15N3OS. The monoisotopic (exact) mass is 321 g/mol. The summed E-state index contributed by atoms with van der Waals surface area (Å²) in [5, 5.41) is 0.971. The van der Waals surface area contributed by atoms with Crippen LogP contribution in [0.15, 0.2) is 47.3 Å². The van der Waals surface area contributed by atoms with Crippen LogP contribution in [0.25, 0.3) is 27.6 Å². The lowest BCUT2D eigenvalue weighted by Gasteiger charge is -2.08. The van der Waals surface area contributed by atoms with Gasteiger partial charge in [-0.25, -0.2) is 0 Å². The van der Waals surface area contributed by atoms with Gasteiger partial charge in [-0.15, -0.1) is 0 Å². The maximum atomic E-state index is 13.0. The van der Waals surface area contributed by atoms with E-state index in [-0.39, 0.29) is 5.56 Å². The Balaban J connectivity index is 2.14. The van der Waals surface area contributed by atoms with Crippen molar-refractivity contribution in [1.29, 1.82) is 0 Å². The number of benzene rings is 2. The zero-order valence-electron chi connectivity index (χ0n) is 12.8. The van der Waals surface area contributed by atoms with E-state index in [9.17, 15) is 4.79 Å². The first-order valence-electron chi connectivity index (χ1n) is 7.39. The van der Waals surface area contributed by atoms with Crippen LogP contribution in [-0.2, 0) is 0 Å². The van der Waals surface area contributed by atoms with Crippen molar-refractivity contribution in [3.8, 4) is 5.69 Å². The van der Waals surface area contributed by atoms with Crippen LogP contribution in [-0.4, -0.2) is 14.5 Å². The van der Waals surface area contributed by atoms with E-state index in [1.54, 1.807) is 4.57 Å². The molecule has 0 saturated carbocycles. The smallest absolute Gasteiger partial charge is 0.283 e. The van der Waals surface area contributed by atoms with Crippen molar-refractivity contribution >= 4 is 34.2 Å². The van der Waals surface area contributed by atoms with Gasteiger partial charge in [-0.3, -0.25) is 9.36 Å². The lowest BCUT2D eigenvalue weighted by Crippen LogP contribution is -2.20. The molecule has 2 aromatic carbocycles. The summed E-state index contributed by atoms with van der Waals surface area (Å²) >= 11 is 5.46. The highest BCUT2D eigenvalue weighted by atomic mass is 32.1. The van der Waals surface area contributed by atoms with Crippen molar-refractivity contribution in [2.75, 3.05) is 0 Å². The summed E-state index contributed by atoms with van der Waals surface area (Å²) in [6.07, 6.45) is 0. The fourth-order valence-electron chi connectivity index (χ4n) is 3.11. The number of H-pyrrole nitrogens is 2. The second-order valence-electron chi connectivity index (χ2n) is 5.84. The quantitative estimate of drug-likeness (QED) is 0.518. The maximum Gasteiger partial charge on any atom is 0.283 e. The molecule has 2 heterocycles. The van der Waals surface area contributed by atoms with Gasteiger partial charge in [0, 0.05) is 10.9 Å². The molecule has 114 valence electrons. The molecule has 4 aromatic rings. The van der Waals surface area contributed by atoms with Gasteiger partial charge in [0.25, 0.3) is 5.56 Å². The Morgan fingerprint density at radius 1 is 0.957 bits per heavy atom. The lowest BCUT2D eigenvalue weighted by atomic mass is 10.1. The van der Waals surface area contributed by atoms with Gasteiger partial charge in [0.1, 0.15) is 5.52 Å². The molecular weight excluding hydrogens is 306 g/mol. The van der Waals surface area contributed by atoms with E-state index in [1.807, 2.05) is 50.2 Å². The summed E-state index contributed by atoms with van der Waals surface area (Å²) in [5.41, 5.74) is 5.06. The lowest BCUT2D eigenvalue weighted by molar-refractivity contribution is 0.934. The van der Waals surface area contributed by atoms with Crippen molar-refractivity contribution in [3.63, 3.8) is 0 Å². The number of hydrogen-bond donors (Lipinski definition) is 2. The highest BCUT2D eigenvalue weighted by Crippen LogP contribution is 2.22. The number of nitrogens with one attached hydrogen (secondary N) is 2. The number of aromatic nitrogens is 3. The average Bonchev–Trinajstić information content (AvgIpc) is 2.85. The van der Waals surface area contributed by atoms with Gasteiger partial charge >= 0.3 is 0 Å². The number of nitrogens with zero attached hydrogens (tertiary/aromatic N) is 1. The molecule has 0 fully saturated rings. The topological polar surface area (TPSA) is 53.6 Å². The zero-order chi connectivity index (χ0) is 16.1. The third-order valence-corrected chi connectivity index (χ3v) is 4.31. The minimum Gasteiger partial charge on any atom is -0.349 e. The zero-order valence-corrected chi connectivity index (χ0v) is 13.6. The number of fused-ring (bicyclic) bond motifs is 3. The van der Waals surface area contributed by atoms with Crippen molar-refractivity contribution in [3.05, 3.63) is 68.7 Å². The highest BCUT2D eigenvalue weighted by Gasteiger charge is 2.12. The first-order valence-corrected chi connectivity index (χ1v) is 7.80. The van der Waals surface area contributed by atoms with Crippen molar-refractivity contribution in [2.45, 2.75) is 13.8 Å². The first-order chi connectivity index (χ1) is 11.0. The van der Waals surface area contributed by atoms with Crippen LogP contribution in [0.1, 0.15) is 11.1 Å². The molecule has 0 aliphatic carbocycles. The maximum absolute atomic E-state index is 13.0. The molecule has 0 atom stereocenters. The number of para-hydroxylation sites is 1. The summed E-state index contributed by atoms with van der Waals surface area (Å²) in [6, 6.07) is 13.8. The van der Waals surface area contributed by atoms with Gasteiger partial charge in [0.15, 0.2) is 4.77 Å². The number of aryl methyl sites for hydroxylation is 2. The summed E-state index contributed by atoms with van der Waals surface area (Å²) in [5.74, 6) is 0. The van der Waals surface area contributed by atoms with Gasteiger partial charge in [-0.05, 0) is 55.4 Å². The molecule has 5 heteroatoms. The van der Waals surface area contributed by atoms with Crippen molar-refractivity contribution in [1.82, 2.24) is 14.5 Å². The van der Waals surface area contributed by atoms with E-state index in [0.717, 1.165) is 33.2 Å². The Kier molecular flexibility index (Phi) is 2.99. The third-order valence-electron chi connectivity index (χ3n) is 4.02. The van der Waals surface area contributed by atoms with Gasteiger partial charge in [-0.2, -0.15) is 0 Å². The Bertz CT molecular complexity index is 1160. The Morgan fingerprint density at radius 2 is 1.65 bits per heavy atom. The van der Waals surface area contributed by atoms with Crippen LogP contribution in [0, 0.1) is 18.6 Å². The summed E-state index contributed by atoms with van der Waals surface area (Å²) in [4.78, 5) is 19.4. The molecule has 0 saturated heterocycles. The number of aromatic amines is 2. The summed E-state index contributed by atoms with van der Waals surface area (Å²) in [7, 11) is 0. The first kappa shape index (κ1) is 14.0. The SMILES string of the molecule is Cc1cc(C)cc(-n2c(=S)[nH]c3c([nH]c4ccccc43)c2=O)c1. The number of rotatable bonds is 1. The molecule has 23 heavy (non-hydrogen) atoms. The van der Waals surface area contributed by atoms with E-state index < -0.39 is 0 Å². The number of hydrogen-bond acceptors (Lipinski definition) is 2. The molecule has 0 spiro atoms. The highest BCUT2D eigenvalue weighted by molar-refractivity contribution is 7.71. The fourth-order valence-corrected chi connectivity index (χ4v) is 3.40. The minimum absolute atomic E-state index is 0.134. The molecule has 0 aliphatic heterocycles. The second-order valence-corrected chi connectivity index (χ2v) is 6.22. The predicted molar refractivity (Wildman–Crippen MR) is 96.1 cm³/mol. The van der Waals surface area contributed by atoms with E-state index in [0.29, 0.717) is 10.3 Å². The van der Waals surface area contributed by atoms with Gasteiger partial charge in [0.05, 0.1) is 11.2 Å². The van der Waals surface area contributed by atoms with Crippen LogP contribution in [0.3, 0.4) is 0 Å². The van der Waals surface area contributed by atoms with Gasteiger partial charge in [0.2, 0.25) is 0 Å². The average molecular weight is 321 g/mol. The second kappa shape index (κ2) is 4.93. The van der Waals surface area contributed by atoms with Crippen LogP contribution >= 0.6 is 12.2 Å². The van der Waals surface area contributed by atoms with E-state index in [2.05, 4.69) is 16.0 Å². The molecule has 2 N–H and O–H groups in total. The molecule has 0 amide bonds. The van der Waals surface area contributed by atoms with Crippen LogP contribution in [0.2, 0.25) is 0 Å². The van der Waals surface area contributed by atoms with Crippen LogP contribution in [0.5, 0.6) is 0 Å². The largest absolute Gasteiger partial charge is 0.349 e. The normalized spacial score (nSPS) is 11.4. The van der Waals surface area contributed by atoms with Crippen molar-refractivity contribution < 1.29 is 0 Å². The third kappa shape index (κ3) is 2.12. The Labute approximate surface area is 137 Å². The van der Waals surface area contributed by atoms with Gasteiger partial charge in [-0.1, -0.05) is 24.3 Å². The molecule has 0 aliphatic rings. The van der Waals surface area contributed by atoms with Crippen LogP contribution in [0.4, 0.5) is 0 Å². The van der Waals surface area contributed by atoms with E-state index >= 15 is 0 Å². The molecule has 4 nitrogen and oxygen atoms in total. The summed E-state index contributed by atoms with van der Waals surface area (Å²) in [6.45, 7) is 4.02. The standard InChI is InChI=1S/C18H15N3OS/c1-10-7-11(2)9-12(8-10)21-17(22)16-15(20-18(21)23)13-5-3-4-6-14(13)19-16/h3-9,19H,1-2H3,(H,20,23). The predicted octanol–water partition coefficient (Wildman–Crippen LogP) is 4.15. The van der Waals surface area contributed by atoms with E-state index in [4.69, 9.17) is 12.2 Å². The van der Waals surface area contributed by atoms with Gasteiger partial charge < -0.3 is 9.97 Å². The Morgan fingerprint density at radius 3 is 2.39 bits per heavy atom. The molecule has 2 aromatic heterocycles. The molecule has 0 unspecified atom stereocenters. The van der Waals surface area contributed by atoms with Crippen molar-refractivity contribution in [2.24, 2.45) is 0 Å². The van der Waals surface area contributed by atoms with E-state index in [1.165, 1.54) is 0 Å². The Hall–Kier alpha value is -2.66. The minimum atomic E-state index is -0.134.